The number of hydrogen-bond acceptors (Lipinski definition) is 4. The molecule has 1 aliphatic rings. The molecule has 0 aliphatic carbocycles. The quantitative estimate of drug-likeness (QED) is 0.576. The first-order chi connectivity index (χ1) is 14.9. The van der Waals surface area contributed by atoms with Crippen LogP contribution in [0.3, 0.4) is 0 Å². The maximum absolute atomic E-state index is 14.8. The number of ketones is 1. The third-order valence-electron chi connectivity index (χ3n) is 5.75. The van der Waals surface area contributed by atoms with Crippen molar-refractivity contribution in [3.63, 3.8) is 0 Å². The van der Waals surface area contributed by atoms with Gasteiger partial charge in [0.2, 0.25) is 5.91 Å². The molecule has 1 fully saturated rings. The molecule has 31 heavy (non-hydrogen) atoms. The van der Waals surface area contributed by atoms with Crippen LogP contribution >= 0.6 is 11.6 Å². The topological polar surface area (TPSA) is 55.8 Å². The first-order valence-corrected chi connectivity index (χ1v) is 10.6. The van der Waals surface area contributed by atoms with Gasteiger partial charge in [0.1, 0.15) is 17.3 Å². The highest BCUT2D eigenvalue weighted by atomic mass is 35.5. The van der Waals surface area contributed by atoms with Crippen molar-refractivity contribution >= 4 is 23.3 Å². The maximum Gasteiger partial charge on any atom is 0.223 e. The Morgan fingerprint density at radius 2 is 1.94 bits per heavy atom. The van der Waals surface area contributed by atoms with Crippen LogP contribution < -0.4 is 4.74 Å². The normalized spacial score (nSPS) is 18.8. The van der Waals surface area contributed by atoms with E-state index in [-0.39, 0.29) is 42.8 Å². The Labute approximate surface area is 187 Å². The Balaban J connectivity index is 1.80. The Morgan fingerprint density at radius 1 is 1.19 bits per heavy atom. The van der Waals surface area contributed by atoms with Gasteiger partial charge in [-0.25, -0.2) is 4.39 Å². The molecular formula is C24H27ClFNO4. The highest BCUT2D eigenvalue weighted by Crippen LogP contribution is 2.38. The molecule has 7 heteroatoms. The van der Waals surface area contributed by atoms with Crippen molar-refractivity contribution in [3.8, 4) is 5.75 Å². The molecule has 0 bridgehead atoms. The third kappa shape index (κ3) is 6.05. The lowest BCUT2D eigenvalue weighted by Crippen LogP contribution is -2.45. The Morgan fingerprint density at radius 3 is 2.58 bits per heavy atom. The lowest BCUT2D eigenvalue weighted by molar-refractivity contribution is -0.137. The summed E-state index contributed by atoms with van der Waals surface area (Å²) in [4.78, 5) is 27.3. The number of hydrogen-bond donors (Lipinski definition) is 0. The molecule has 0 radical (unpaired) electrons. The van der Waals surface area contributed by atoms with Crippen molar-refractivity contribution in [3.05, 3.63) is 64.4 Å². The summed E-state index contributed by atoms with van der Waals surface area (Å²) in [6, 6.07) is 11.8. The highest BCUT2D eigenvalue weighted by molar-refractivity contribution is 6.30. The van der Waals surface area contributed by atoms with Crippen LogP contribution in [0.5, 0.6) is 5.75 Å². The second-order valence-electron chi connectivity index (χ2n) is 7.84. The van der Waals surface area contributed by atoms with Gasteiger partial charge < -0.3 is 14.4 Å². The standard InChI is InChI=1S/C24H27ClFNO4/c1-30-10-9-27-15-17(12-19(28)11-16-3-5-18(25)6-4-16)22(14-24(27)29)21-8-7-20(31-2)13-23(21)26/h3-8,13,17,22H,9-12,14-15H2,1-2H3. The van der Waals surface area contributed by atoms with Gasteiger partial charge in [-0.2, -0.15) is 0 Å². The molecule has 0 saturated carbocycles. The number of amides is 1. The molecule has 5 nitrogen and oxygen atoms in total. The smallest absolute Gasteiger partial charge is 0.223 e. The van der Waals surface area contributed by atoms with Gasteiger partial charge in [-0.05, 0) is 35.2 Å². The number of ether oxygens (including phenoxy) is 2. The number of halogens is 2. The molecule has 2 unspecified atom stereocenters. The first-order valence-electron chi connectivity index (χ1n) is 10.3. The van der Waals surface area contributed by atoms with Crippen LogP contribution in [0.1, 0.15) is 29.9 Å². The van der Waals surface area contributed by atoms with Gasteiger partial charge in [-0.15, -0.1) is 0 Å². The summed E-state index contributed by atoms with van der Waals surface area (Å²) in [5, 5.41) is 0.617. The molecule has 2 atom stereocenters. The van der Waals surface area contributed by atoms with Gasteiger partial charge >= 0.3 is 0 Å². The van der Waals surface area contributed by atoms with E-state index < -0.39 is 5.82 Å². The zero-order chi connectivity index (χ0) is 22.4. The molecule has 1 amide bonds. The summed E-state index contributed by atoms with van der Waals surface area (Å²) in [6.45, 7) is 1.26. The zero-order valence-electron chi connectivity index (χ0n) is 17.8. The molecule has 3 rings (SSSR count). The largest absolute Gasteiger partial charge is 0.497 e. The van der Waals surface area contributed by atoms with Crippen LogP contribution in [0, 0.1) is 11.7 Å². The summed E-state index contributed by atoms with van der Waals surface area (Å²) < 4.78 is 25.0. The molecule has 0 aromatic heterocycles. The van der Waals surface area contributed by atoms with Crippen molar-refractivity contribution in [1.29, 1.82) is 0 Å². The summed E-state index contributed by atoms with van der Waals surface area (Å²) in [7, 11) is 3.06. The third-order valence-corrected chi connectivity index (χ3v) is 6.00. The predicted molar refractivity (Wildman–Crippen MR) is 117 cm³/mol. The molecular weight excluding hydrogens is 421 g/mol. The predicted octanol–water partition coefficient (Wildman–Crippen LogP) is 4.27. The number of piperidine rings is 1. The van der Waals surface area contributed by atoms with Gasteiger partial charge in [-0.1, -0.05) is 29.8 Å². The second kappa shape index (κ2) is 10.7. The lowest BCUT2D eigenvalue weighted by Gasteiger charge is -2.38. The van der Waals surface area contributed by atoms with E-state index in [9.17, 15) is 14.0 Å². The Kier molecular flexibility index (Phi) is 8.04. The van der Waals surface area contributed by atoms with Crippen LogP contribution in [0.4, 0.5) is 4.39 Å². The fraction of sp³-hybridized carbons (Fsp3) is 0.417. The molecule has 2 aromatic rings. The second-order valence-corrected chi connectivity index (χ2v) is 8.27. The monoisotopic (exact) mass is 447 g/mol. The van der Waals surface area contributed by atoms with Gasteiger partial charge in [0.05, 0.1) is 13.7 Å². The van der Waals surface area contributed by atoms with Crippen LogP contribution in [0.25, 0.3) is 0 Å². The number of carbonyl (C=O) groups excluding carboxylic acids is 2. The average Bonchev–Trinajstić information content (AvgIpc) is 2.75. The minimum Gasteiger partial charge on any atom is -0.497 e. The summed E-state index contributed by atoms with van der Waals surface area (Å²) in [5.41, 5.74) is 1.33. The van der Waals surface area contributed by atoms with Crippen molar-refractivity contribution < 1.29 is 23.5 Å². The minimum atomic E-state index is -0.419. The average molecular weight is 448 g/mol. The molecule has 0 spiro atoms. The lowest BCUT2D eigenvalue weighted by atomic mass is 9.77. The summed E-state index contributed by atoms with van der Waals surface area (Å²) >= 11 is 5.92. The van der Waals surface area contributed by atoms with Crippen molar-refractivity contribution in [2.24, 2.45) is 5.92 Å². The number of rotatable bonds is 9. The number of Topliss-reactive ketones (excluding diaryl/α,β-unsaturated/α-hetero) is 1. The molecule has 0 N–H and O–H groups in total. The minimum absolute atomic E-state index is 0.0484. The molecule has 166 valence electrons. The number of methoxy groups -OCH3 is 2. The van der Waals surface area contributed by atoms with Gasteiger partial charge in [0.15, 0.2) is 0 Å². The fourth-order valence-corrected chi connectivity index (χ4v) is 4.24. The Bertz CT molecular complexity index is 918. The SMILES string of the molecule is COCCN1CC(CC(=O)Cc2ccc(Cl)cc2)C(c2ccc(OC)cc2F)CC1=O. The van der Waals surface area contributed by atoms with Gasteiger partial charge in [0.25, 0.3) is 0 Å². The molecule has 1 heterocycles. The van der Waals surface area contributed by atoms with Crippen molar-refractivity contribution in [2.75, 3.05) is 33.9 Å². The van der Waals surface area contributed by atoms with E-state index in [1.165, 1.54) is 13.2 Å². The number of nitrogens with zero attached hydrogens (tertiary/aromatic N) is 1. The first kappa shape index (κ1) is 23.2. The van der Waals surface area contributed by atoms with Gasteiger partial charge in [0, 0.05) is 56.5 Å². The fourth-order valence-electron chi connectivity index (χ4n) is 4.11. The summed E-state index contributed by atoms with van der Waals surface area (Å²) in [5.74, 6) is -0.562. The van der Waals surface area contributed by atoms with E-state index in [4.69, 9.17) is 21.1 Å². The van der Waals surface area contributed by atoms with E-state index in [2.05, 4.69) is 0 Å². The highest BCUT2D eigenvalue weighted by Gasteiger charge is 2.37. The number of likely N-dealkylation sites (tertiary alicyclic amines) is 1. The molecule has 1 saturated heterocycles. The van der Waals surface area contributed by atoms with Crippen LogP contribution in [0.2, 0.25) is 5.02 Å². The number of benzene rings is 2. The van der Waals surface area contributed by atoms with E-state index in [0.717, 1.165) is 5.56 Å². The number of carbonyl (C=O) groups is 2. The van der Waals surface area contributed by atoms with Crippen LogP contribution in [-0.4, -0.2) is 50.5 Å². The Hall–Kier alpha value is -2.44. The van der Waals surface area contributed by atoms with E-state index in [1.807, 2.05) is 12.1 Å². The van der Waals surface area contributed by atoms with E-state index in [1.54, 1.807) is 36.3 Å². The molecule has 1 aliphatic heterocycles. The summed E-state index contributed by atoms with van der Waals surface area (Å²) in [6.07, 6.45) is 0.693. The van der Waals surface area contributed by atoms with Crippen LogP contribution in [-0.2, 0) is 20.7 Å². The van der Waals surface area contributed by atoms with Gasteiger partial charge in [-0.3, -0.25) is 9.59 Å². The van der Waals surface area contributed by atoms with E-state index >= 15 is 0 Å². The van der Waals surface area contributed by atoms with E-state index in [0.29, 0.717) is 36.0 Å². The van der Waals surface area contributed by atoms with Crippen molar-refractivity contribution in [2.45, 2.75) is 25.2 Å². The zero-order valence-corrected chi connectivity index (χ0v) is 18.5. The van der Waals surface area contributed by atoms with Crippen molar-refractivity contribution in [1.82, 2.24) is 4.90 Å². The van der Waals surface area contributed by atoms with Crippen LogP contribution in [0.15, 0.2) is 42.5 Å². The maximum atomic E-state index is 14.8. The molecule has 2 aromatic carbocycles.